The number of hydrogen-bond acceptors (Lipinski definition) is 5. The number of carbonyl (C=O) groups excluding carboxylic acids is 1. The molecule has 0 radical (unpaired) electrons. The van der Waals surface area contributed by atoms with Gasteiger partial charge in [0.05, 0.1) is 6.42 Å². The second kappa shape index (κ2) is 6.80. The summed E-state index contributed by atoms with van der Waals surface area (Å²) in [7, 11) is 3.36. The Hall–Kier alpha value is -1.76. The van der Waals surface area contributed by atoms with Gasteiger partial charge in [-0.05, 0) is 12.1 Å². The number of amides is 1. The highest BCUT2D eigenvalue weighted by Gasteiger charge is 2.26. The minimum atomic E-state index is -0.800. The monoisotopic (exact) mass is 309 g/mol. The molecule has 0 aliphatic carbocycles. The number of hydrogen-bond donors (Lipinski definition) is 1. The molecule has 0 aromatic carbocycles. The van der Waals surface area contributed by atoms with Crippen LogP contribution < -0.4 is 4.90 Å². The van der Waals surface area contributed by atoms with E-state index < -0.39 is 5.97 Å². The largest absolute Gasteiger partial charge is 0.481 e. The van der Waals surface area contributed by atoms with Crippen LogP contribution in [-0.4, -0.2) is 65.1 Å². The van der Waals surface area contributed by atoms with Crippen LogP contribution in [0, 0.1) is 0 Å². The molecule has 2 rings (SSSR count). The number of thioether (sulfide) groups is 1. The fourth-order valence-electron chi connectivity index (χ4n) is 2.31. The number of aromatic nitrogens is 1. The lowest BCUT2D eigenvalue weighted by molar-refractivity contribution is -0.137. The normalized spacial score (nSPS) is 18.4. The number of carboxylic acid groups (broad SMARTS) is 1. The summed E-state index contributed by atoms with van der Waals surface area (Å²) in [5.41, 5.74) is 1.24. The first-order chi connectivity index (χ1) is 9.99. The summed E-state index contributed by atoms with van der Waals surface area (Å²) < 4.78 is 0. The van der Waals surface area contributed by atoms with Crippen molar-refractivity contribution < 1.29 is 14.7 Å². The van der Waals surface area contributed by atoms with Gasteiger partial charge in [0.2, 0.25) is 0 Å². The molecule has 1 atom stereocenters. The van der Waals surface area contributed by atoms with Crippen LogP contribution in [0.5, 0.6) is 0 Å². The fourth-order valence-corrected chi connectivity index (χ4v) is 3.37. The molecule has 0 bridgehead atoms. The minimum Gasteiger partial charge on any atom is -0.481 e. The first kappa shape index (κ1) is 15.6. The Morgan fingerprint density at radius 2 is 2.29 bits per heavy atom. The number of carbonyl (C=O) groups is 2. The number of aliphatic carboxylic acids is 1. The summed E-state index contributed by atoms with van der Waals surface area (Å²) in [6, 6.07) is 3.52. The van der Waals surface area contributed by atoms with E-state index >= 15 is 0 Å². The lowest BCUT2D eigenvalue weighted by Crippen LogP contribution is -2.43. The zero-order valence-corrected chi connectivity index (χ0v) is 13.0. The Morgan fingerprint density at radius 3 is 2.95 bits per heavy atom. The number of carboxylic acids is 1. The number of nitrogens with zero attached hydrogens (tertiary/aromatic N) is 3. The van der Waals surface area contributed by atoms with E-state index in [0.29, 0.717) is 5.69 Å². The molecule has 1 aromatic heterocycles. The highest BCUT2D eigenvalue weighted by atomic mass is 32.2. The summed E-state index contributed by atoms with van der Waals surface area (Å²) in [5, 5.41) is 9.04. The molecule has 1 saturated heterocycles. The fraction of sp³-hybridized carbons (Fsp3) is 0.500. The van der Waals surface area contributed by atoms with Gasteiger partial charge in [-0.25, -0.2) is 0 Å². The molecular formula is C14H19N3O3S. The molecule has 1 fully saturated rings. The van der Waals surface area contributed by atoms with E-state index in [2.05, 4.69) is 9.88 Å². The molecule has 1 aliphatic rings. The SMILES string of the molecule is CN(C)C(=O)c1cc(N2CCSCC2CC(=O)O)ccn1. The van der Waals surface area contributed by atoms with Gasteiger partial charge in [-0.2, -0.15) is 11.8 Å². The van der Waals surface area contributed by atoms with E-state index in [1.807, 2.05) is 6.07 Å². The number of anilines is 1. The predicted octanol–water partition coefficient (Wildman–Crippen LogP) is 1.18. The van der Waals surface area contributed by atoms with Gasteiger partial charge >= 0.3 is 5.97 Å². The second-order valence-electron chi connectivity index (χ2n) is 5.12. The van der Waals surface area contributed by atoms with Crippen molar-refractivity contribution in [3.8, 4) is 0 Å². The quantitative estimate of drug-likeness (QED) is 0.900. The predicted molar refractivity (Wildman–Crippen MR) is 83.0 cm³/mol. The van der Waals surface area contributed by atoms with Crippen molar-refractivity contribution in [3.05, 3.63) is 24.0 Å². The zero-order valence-electron chi connectivity index (χ0n) is 12.2. The third-order valence-corrected chi connectivity index (χ3v) is 4.43. The molecule has 21 heavy (non-hydrogen) atoms. The van der Waals surface area contributed by atoms with Crippen molar-refractivity contribution >= 4 is 29.3 Å². The van der Waals surface area contributed by atoms with Crippen molar-refractivity contribution in [2.24, 2.45) is 0 Å². The summed E-state index contributed by atoms with van der Waals surface area (Å²) in [4.78, 5) is 30.6. The summed E-state index contributed by atoms with van der Waals surface area (Å²) in [6.45, 7) is 0.780. The molecule has 6 nitrogen and oxygen atoms in total. The van der Waals surface area contributed by atoms with Crippen molar-refractivity contribution in [3.63, 3.8) is 0 Å². The third kappa shape index (κ3) is 3.87. The lowest BCUT2D eigenvalue weighted by Gasteiger charge is -2.36. The third-order valence-electron chi connectivity index (χ3n) is 3.34. The van der Waals surface area contributed by atoms with Crippen molar-refractivity contribution in [2.45, 2.75) is 12.5 Å². The van der Waals surface area contributed by atoms with Gasteiger partial charge in [0.15, 0.2) is 0 Å². The van der Waals surface area contributed by atoms with Gasteiger partial charge in [0.25, 0.3) is 5.91 Å². The van der Waals surface area contributed by atoms with Gasteiger partial charge in [0.1, 0.15) is 5.69 Å². The first-order valence-electron chi connectivity index (χ1n) is 6.73. The zero-order chi connectivity index (χ0) is 15.4. The van der Waals surface area contributed by atoms with Crippen LogP contribution in [0.2, 0.25) is 0 Å². The number of rotatable bonds is 4. The molecule has 1 amide bonds. The average Bonchev–Trinajstić information content (AvgIpc) is 2.46. The van der Waals surface area contributed by atoms with E-state index in [1.165, 1.54) is 4.90 Å². The van der Waals surface area contributed by atoms with E-state index in [9.17, 15) is 9.59 Å². The van der Waals surface area contributed by atoms with Crippen LogP contribution in [0.4, 0.5) is 5.69 Å². The molecule has 2 heterocycles. The maximum atomic E-state index is 12.0. The maximum Gasteiger partial charge on any atom is 0.305 e. The second-order valence-corrected chi connectivity index (χ2v) is 6.27. The van der Waals surface area contributed by atoms with Crippen LogP contribution in [0.3, 0.4) is 0 Å². The molecule has 1 unspecified atom stereocenters. The molecule has 1 aliphatic heterocycles. The summed E-state index contributed by atoms with van der Waals surface area (Å²) in [6.07, 6.45) is 1.71. The molecule has 7 heteroatoms. The molecule has 0 saturated carbocycles. The molecule has 0 spiro atoms. The Morgan fingerprint density at radius 1 is 1.52 bits per heavy atom. The average molecular weight is 309 g/mol. The van der Waals surface area contributed by atoms with Crippen LogP contribution in [0.1, 0.15) is 16.9 Å². The van der Waals surface area contributed by atoms with E-state index in [-0.39, 0.29) is 18.4 Å². The molecular weight excluding hydrogens is 290 g/mol. The Kier molecular flexibility index (Phi) is 5.06. The van der Waals surface area contributed by atoms with Gasteiger partial charge in [-0.1, -0.05) is 0 Å². The van der Waals surface area contributed by atoms with E-state index in [1.54, 1.807) is 38.1 Å². The van der Waals surface area contributed by atoms with Crippen LogP contribution >= 0.6 is 11.8 Å². The van der Waals surface area contributed by atoms with Crippen molar-refractivity contribution in [1.82, 2.24) is 9.88 Å². The van der Waals surface area contributed by atoms with Gasteiger partial charge in [-0.15, -0.1) is 0 Å². The molecule has 114 valence electrons. The van der Waals surface area contributed by atoms with Crippen LogP contribution in [0.25, 0.3) is 0 Å². The molecule has 1 aromatic rings. The Labute approximate surface area is 128 Å². The van der Waals surface area contributed by atoms with Gasteiger partial charge < -0.3 is 14.9 Å². The molecule has 1 N–H and O–H groups in total. The lowest BCUT2D eigenvalue weighted by atomic mass is 10.1. The first-order valence-corrected chi connectivity index (χ1v) is 7.88. The van der Waals surface area contributed by atoms with Gasteiger partial charge in [-0.3, -0.25) is 14.6 Å². The van der Waals surface area contributed by atoms with E-state index in [4.69, 9.17) is 5.11 Å². The summed E-state index contributed by atoms with van der Waals surface area (Å²) >= 11 is 1.76. The summed E-state index contributed by atoms with van der Waals surface area (Å²) in [5.74, 6) is 0.783. The smallest absolute Gasteiger partial charge is 0.305 e. The Bertz CT molecular complexity index is 536. The number of pyridine rings is 1. The highest BCUT2D eigenvalue weighted by molar-refractivity contribution is 7.99. The van der Waals surface area contributed by atoms with Crippen molar-refractivity contribution in [1.29, 1.82) is 0 Å². The van der Waals surface area contributed by atoms with Crippen LogP contribution in [-0.2, 0) is 4.79 Å². The van der Waals surface area contributed by atoms with Crippen LogP contribution in [0.15, 0.2) is 18.3 Å². The van der Waals surface area contributed by atoms with Gasteiger partial charge in [0, 0.05) is 50.1 Å². The standard InChI is InChI=1S/C14H19N3O3S/c1-16(2)14(20)12-7-10(3-4-15-12)17-5-6-21-9-11(17)8-13(18)19/h3-4,7,11H,5-6,8-9H2,1-2H3,(H,18,19). The maximum absolute atomic E-state index is 12.0. The van der Waals surface area contributed by atoms with E-state index in [0.717, 1.165) is 23.7 Å². The topological polar surface area (TPSA) is 73.7 Å². The highest BCUT2D eigenvalue weighted by Crippen LogP contribution is 2.26. The minimum absolute atomic E-state index is 0.0500. The Balaban J connectivity index is 2.24. The van der Waals surface area contributed by atoms with Crippen molar-refractivity contribution in [2.75, 3.05) is 37.0 Å².